The minimum Gasteiger partial charge on any atom is -0.481 e. The van der Waals surface area contributed by atoms with Gasteiger partial charge < -0.3 is 10.2 Å². The number of carboxylic acid groups (broad SMARTS) is 2. The first-order chi connectivity index (χ1) is 10.5. The van der Waals surface area contributed by atoms with E-state index in [1.165, 1.54) is 0 Å². The van der Waals surface area contributed by atoms with Crippen molar-refractivity contribution in [3.8, 4) is 0 Å². The summed E-state index contributed by atoms with van der Waals surface area (Å²) in [6.45, 7) is 4.31. The number of carboxylic acids is 2. The maximum Gasteiger partial charge on any atom is 0.306 e. The van der Waals surface area contributed by atoms with Gasteiger partial charge in [-0.15, -0.1) is 0 Å². The Labute approximate surface area is 133 Å². The maximum absolute atomic E-state index is 11.8. The summed E-state index contributed by atoms with van der Waals surface area (Å²) in [5, 5.41) is 19.0. The van der Waals surface area contributed by atoms with Crippen molar-refractivity contribution < 1.29 is 19.8 Å². The fraction of sp³-hybridized carbons (Fsp3) is 0.889. The number of fused-ring (bicyclic) bond motifs is 1. The van der Waals surface area contributed by atoms with Gasteiger partial charge in [-0.2, -0.15) is 0 Å². The van der Waals surface area contributed by atoms with Crippen LogP contribution in [0, 0.1) is 35.5 Å². The zero-order chi connectivity index (χ0) is 16.3. The average Bonchev–Trinajstić information content (AvgIpc) is 2.48. The molecule has 0 heterocycles. The number of hydrogen-bond donors (Lipinski definition) is 2. The van der Waals surface area contributed by atoms with Gasteiger partial charge in [0.1, 0.15) is 0 Å². The molecule has 22 heavy (non-hydrogen) atoms. The Hall–Kier alpha value is -1.06. The minimum atomic E-state index is -0.701. The molecule has 0 aromatic carbocycles. The molecule has 4 heteroatoms. The van der Waals surface area contributed by atoms with Crippen molar-refractivity contribution in [3.05, 3.63) is 0 Å². The van der Waals surface area contributed by atoms with Crippen LogP contribution in [0.1, 0.15) is 65.2 Å². The Balaban J connectivity index is 2.22. The average molecular weight is 310 g/mol. The topological polar surface area (TPSA) is 74.6 Å². The SMILES string of the molecule is CCCC1C(C(=O)O)CC2CC(C(=O)O)CCC2C1CCC. The fourth-order valence-corrected chi connectivity index (χ4v) is 5.26. The van der Waals surface area contributed by atoms with Crippen molar-refractivity contribution in [2.45, 2.75) is 65.2 Å². The maximum atomic E-state index is 11.8. The van der Waals surface area contributed by atoms with E-state index in [9.17, 15) is 19.8 Å². The van der Waals surface area contributed by atoms with E-state index in [1.54, 1.807) is 0 Å². The van der Waals surface area contributed by atoms with Gasteiger partial charge in [-0.25, -0.2) is 0 Å². The minimum absolute atomic E-state index is 0.263. The van der Waals surface area contributed by atoms with Gasteiger partial charge in [0, 0.05) is 0 Å². The second-order valence-corrected chi connectivity index (χ2v) is 7.36. The van der Waals surface area contributed by atoms with Crippen LogP contribution < -0.4 is 0 Å². The molecule has 4 nitrogen and oxygen atoms in total. The van der Waals surface area contributed by atoms with Crippen molar-refractivity contribution in [2.75, 3.05) is 0 Å². The standard InChI is InChI=1S/C18H30O4/c1-3-5-14-13-8-7-11(17(19)20)9-12(13)10-16(18(21)22)15(14)6-4-2/h11-16H,3-10H2,1-2H3,(H,19,20)(H,21,22). The normalized spacial score (nSPS) is 38.3. The van der Waals surface area contributed by atoms with Crippen molar-refractivity contribution in [2.24, 2.45) is 35.5 Å². The van der Waals surface area contributed by atoms with E-state index >= 15 is 0 Å². The molecule has 0 bridgehead atoms. The lowest BCUT2D eigenvalue weighted by atomic mass is 9.55. The van der Waals surface area contributed by atoms with Gasteiger partial charge in [-0.1, -0.05) is 33.1 Å². The van der Waals surface area contributed by atoms with Gasteiger partial charge >= 0.3 is 11.9 Å². The molecule has 0 amide bonds. The Morgan fingerprint density at radius 2 is 1.55 bits per heavy atom. The highest BCUT2D eigenvalue weighted by molar-refractivity contribution is 5.71. The molecule has 0 spiro atoms. The van der Waals surface area contributed by atoms with Crippen LogP contribution in [0.4, 0.5) is 0 Å². The van der Waals surface area contributed by atoms with Crippen LogP contribution >= 0.6 is 0 Å². The summed E-state index contributed by atoms with van der Waals surface area (Å²) in [4.78, 5) is 23.1. The molecule has 2 rings (SSSR count). The molecule has 6 atom stereocenters. The molecule has 0 aliphatic heterocycles. The Morgan fingerprint density at radius 1 is 0.909 bits per heavy atom. The van der Waals surface area contributed by atoms with Gasteiger partial charge in [0.15, 0.2) is 0 Å². The highest BCUT2D eigenvalue weighted by Gasteiger charge is 2.48. The van der Waals surface area contributed by atoms with Crippen LogP contribution in [0.2, 0.25) is 0 Å². The van der Waals surface area contributed by atoms with E-state index < -0.39 is 11.9 Å². The molecular weight excluding hydrogens is 280 g/mol. The van der Waals surface area contributed by atoms with E-state index in [-0.39, 0.29) is 17.8 Å². The summed E-state index contributed by atoms with van der Waals surface area (Å²) in [7, 11) is 0. The molecule has 126 valence electrons. The van der Waals surface area contributed by atoms with Crippen LogP contribution in [0.15, 0.2) is 0 Å². The third-order valence-electron chi connectivity index (χ3n) is 6.13. The molecule has 2 saturated carbocycles. The molecule has 2 aliphatic carbocycles. The van der Waals surface area contributed by atoms with Crippen LogP contribution in [0.3, 0.4) is 0 Å². The quantitative estimate of drug-likeness (QED) is 0.776. The molecule has 6 unspecified atom stereocenters. The third-order valence-corrected chi connectivity index (χ3v) is 6.13. The summed E-state index contributed by atoms with van der Waals surface area (Å²) >= 11 is 0. The predicted molar refractivity (Wildman–Crippen MR) is 84.5 cm³/mol. The highest BCUT2D eigenvalue weighted by atomic mass is 16.4. The molecule has 0 saturated heterocycles. The Morgan fingerprint density at radius 3 is 2.09 bits per heavy atom. The summed E-state index contributed by atoms with van der Waals surface area (Å²) in [5.74, 6) is -0.317. The van der Waals surface area contributed by atoms with Gasteiger partial charge in [0.25, 0.3) is 0 Å². The molecule has 0 aromatic heterocycles. The number of aliphatic carboxylic acids is 2. The molecule has 0 radical (unpaired) electrons. The summed E-state index contributed by atoms with van der Waals surface area (Å²) in [6, 6.07) is 0. The second-order valence-electron chi connectivity index (χ2n) is 7.36. The molecule has 2 N–H and O–H groups in total. The second kappa shape index (κ2) is 7.47. The van der Waals surface area contributed by atoms with Gasteiger partial charge in [-0.3, -0.25) is 9.59 Å². The van der Waals surface area contributed by atoms with Crippen molar-refractivity contribution in [1.82, 2.24) is 0 Å². The summed E-state index contributed by atoms with van der Waals surface area (Å²) < 4.78 is 0. The zero-order valence-electron chi connectivity index (χ0n) is 13.8. The summed E-state index contributed by atoms with van der Waals surface area (Å²) in [6.07, 6.45) is 7.32. The lowest BCUT2D eigenvalue weighted by Gasteiger charge is -2.49. The van der Waals surface area contributed by atoms with Crippen molar-refractivity contribution >= 4 is 11.9 Å². The zero-order valence-corrected chi connectivity index (χ0v) is 13.8. The molecular formula is C18H30O4. The van der Waals surface area contributed by atoms with E-state index in [4.69, 9.17) is 0 Å². The number of hydrogen-bond acceptors (Lipinski definition) is 2. The van der Waals surface area contributed by atoms with E-state index in [1.807, 2.05) is 0 Å². The highest BCUT2D eigenvalue weighted by Crippen LogP contribution is 2.52. The fourth-order valence-electron chi connectivity index (χ4n) is 5.26. The monoisotopic (exact) mass is 310 g/mol. The first-order valence-corrected chi connectivity index (χ1v) is 8.95. The van der Waals surface area contributed by atoms with Crippen LogP contribution in [-0.2, 0) is 9.59 Å². The van der Waals surface area contributed by atoms with Gasteiger partial charge in [0.2, 0.25) is 0 Å². The summed E-state index contributed by atoms with van der Waals surface area (Å²) in [5.41, 5.74) is 0. The number of rotatable bonds is 6. The lowest BCUT2D eigenvalue weighted by Crippen LogP contribution is -2.46. The van der Waals surface area contributed by atoms with E-state index in [0.717, 1.165) is 38.5 Å². The molecule has 2 fully saturated rings. The van der Waals surface area contributed by atoms with Crippen molar-refractivity contribution in [1.29, 1.82) is 0 Å². The Bertz CT molecular complexity index is 406. The van der Waals surface area contributed by atoms with Gasteiger partial charge in [-0.05, 0) is 55.8 Å². The first kappa shape index (κ1) is 17.3. The van der Waals surface area contributed by atoms with Gasteiger partial charge in [0.05, 0.1) is 11.8 Å². The van der Waals surface area contributed by atoms with Crippen LogP contribution in [-0.4, -0.2) is 22.2 Å². The molecule has 0 aromatic rings. The largest absolute Gasteiger partial charge is 0.481 e. The van der Waals surface area contributed by atoms with Crippen LogP contribution in [0.5, 0.6) is 0 Å². The van der Waals surface area contributed by atoms with Crippen molar-refractivity contribution in [3.63, 3.8) is 0 Å². The van der Waals surface area contributed by atoms with E-state index in [0.29, 0.717) is 30.6 Å². The number of carbonyl (C=O) groups is 2. The Kier molecular flexibility index (Phi) is 5.87. The smallest absolute Gasteiger partial charge is 0.306 e. The third kappa shape index (κ3) is 3.47. The predicted octanol–water partition coefficient (Wildman–Crippen LogP) is 4.04. The first-order valence-electron chi connectivity index (χ1n) is 8.95. The van der Waals surface area contributed by atoms with E-state index in [2.05, 4.69) is 13.8 Å². The lowest BCUT2D eigenvalue weighted by molar-refractivity contribution is -0.152. The molecule has 2 aliphatic rings. The van der Waals surface area contributed by atoms with Crippen LogP contribution in [0.25, 0.3) is 0 Å².